The molecule has 104 valence electrons. The summed E-state index contributed by atoms with van der Waals surface area (Å²) in [6.07, 6.45) is 0. The molecule has 2 N–H and O–H groups in total. The number of rotatable bonds is 3. The van der Waals surface area contributed by atoms with Gasteiger partial charge in [-0.2, -0.15) is 10.4 Å². The monoisotopic (exact) mass is 294 g/mol. The minimum Gasteiger partial charge on any atom is -0.280 e. The molecule has 1 aromatic heterocycles. The van der Waals surface area contributed by atoms with E-state index in [-0.39, 0.29) is 10.5 Å². The second-order valence-corrected chi connectivity index (χ2v) is 5.85. The second-order valence-electron chi connectivity index (χ2n) is 4.17. The fourth-order valence-corrected chi connectivity index (χ4v) is 2.86. The number of benzene rings is 1. The van der Waals surface area contributed by atoms with E-state index in [1.165, 1.54) is 0 Å². The van der Waals surface area contributed by atoms with Crippen molar-refractivity contribution < 1.29 is 12.8 Å². The van der Waals surface area contributed by atoms with Gasteiger partial charge in [0.15, 0.2) is 0 Å². The predicted octanol–water partition coefficient (Wildman–Crippen LogP) is 1.84. The maximum absolute atomic E-state index is 13.2. The Labute approximate surface area is 115 Å². The van der Waals surface area contributed by atoms with Gasteiger partial charge in [-0.25, -0.2) is 12.8 Å². The molecule has 0 aliphatic carbocycles. The van der Waals surface area contributed by atoms with E-state index in [0.29, 0.717) is 17.1 Å². The van der Waals surface area contributed by atoms with E-state index < -0.39 is 15.8 Å². The van der Waals surface area contributed by atoms with Crippen molar-refractivity contribution in [2.45, 2.75) is 18.7 Å². The lowest BCUT2D eigenvalue weighted by Gasteiger charge is -2.08. The van der Waals surface area contributed by atoms with Crippen LogP contribution in [0.2, 0.25) is 0 Å². The van der Waals surface area contributed by atoms with Gasteiger partial charge < -0.3 is 0 Å². The number of aromatic nitrogens is 2. The molecule has 1 heterocycles. The maximum Gasteiger partial charge on any atom is 0.262 e. The Kier molecular flexibility index (Phi) is 3.46. The normalized spacial score (nSPS) is 11.1. The largest absolute Gasteiger partial charge is 0.280 e. The van der Waals surface area contributed by atoms with E-state index >= 15 is 0 Å². The highest BCUT2D eigenvalue weighted by atomic mass is 32.2. The average Bonchev–Trinajstić information content (AvgIpc) is 2.70. The number of nitriles is 1. The predicted molar refractivity (Wildman–Crippen MR) is 70.0 cm³/mol. The third-order valence-electron chi connectivity index (χ3n) is 2.73. The van der Waals surface area contributed by atoms with Gasteiger partial charge in [0.2, 0.25) is 0 Å². The first-order valence-electron chi connectivity index (χ1n) is 5.59. The van der Waals surface area contributed by atoms with Crippen LogP contribution < -0.4 is 4.72 Å². The van der Waals surface area contributed by atoms with Crippen LogP contribution in [0.5, 0.6) is 0 Å². The Morgan fingerprint density at radius 1 is 1.40 bits per heavy atom. The van der Waals surface area contributed by atoms with Crippen molar-refractivity contribution in [2.75, 3.05) is 4.72 Å². The van der Waals surface area contributed by atoms with Gasteiger partial charge >= 0.3 is 0 Å². The second kappa shape index (κ2) is 4.94. The zero-order valence-corrected chi connectivity index (χ0v) is 11.5. The molecule has 0 radical (unpaired) electrons. The zero-order valence-electron chi connectivity index (χ0n) is 10.7. The van der Waals surface area contributed by atoms with Gasteiger partial charge in [-0.3, -0.25) is 9.82 Å². The van der Waals surface area contributed by atoms with Crippen molar-refractivity contribution in [3.8, 4) is 6.07 Å². The summed E-state index contributed by atoms with van der Waals surface area (Å²) in [6, 6.07) is 4.64. The van der Waals surface area contributed by atoms with Crippen LogP contribution in [0.15, 0.2) is 23.1 Å². The van der Waals surface area contributed by atoms with E-state index in [0.717, 1.165) is 18.2 Å². The molecule has 0 bridgehead atoms. The van der Waals surface area contributed by atoms with E-state index in [2.05, 4.69) is 14.9 Å². The van der Waals surface area contributed by atoms with Gasteiger partial charge in [0.1, 0.15) is 11.9 Å². The summed E-state index contributed by atoms with van der Waals surface area (Å²) in [5.41, 5.74) is 1.07. The highest BCUT2D eigenvalue weighted by Gasteiger charge is 2.19. The molecule has 0 spiro atoms. The fraction of sp³-hybridized carbons (Fsp3) is 0.167. The molecule has 20 heavy (non-hydrogen) atoms. The van der Waals surface area contributed by atoms with Gasteiger partial charge in [-0.15, -0.1) is 0 Å². The fourth-order valence-electron chi connectivity index (χ4n) is 1.65. The van der Waals surface area contributed by atoms with E-state index in [1.54, 1.807) is 19.9 Å². The number of aromatic amines is 1. The molecule has 0 aliphatic heterocycles. The van der Waals surface area contributed by atoms with Crippen molar-refractivity contribution >= 4 is 15.7 Å². The Hall–Kier alpha value is -2.40. The van der Waals surface area contributed by atoms with Crippen molar-refractivity contribution in [3.63, 3.8) is 0 Å². The van der Waals surface area contributed by atoms with E-state index in [1.807, 2.05) is 0 Å². The smallest absolute Gasteiger partial charge is 0.262 e. The quantitative estimate of drug-likeness (QED) is 0.902. The Bertz CT molecular complexity index is 786. The third-order valence-corrected chi connectivity index (χ3v) is 4.08. The van der Waals surface area contributed by atoms with Gasteiger partial charge in [0, 0.05) is 0 Å². The number of sulfonamides is 1. The summed E-state index contributed by atoms with van der Waals surface area (Å²) in [5, 5.41) is 15.3. The number of nitrogens with one attached hydrogen (secondary N) is 2. The highest BCUT2D eigenvalue weighted by Crippen LogP contribution is 2.22. The minimum absolute atomic E-state index is 0.185. The highest BCUT2D eigenvalue weighted by molar-refractivity contribution is 7.92. The van der Waals surface area contributed by atoms with Crippen LogP contribution in [0, 0.1) is 31.0 Å². The van der Waals surface area contributed by atoms with E-state index in [4.69, 9.17) is 5.26 Å². The SMILES string of the molecule is Cc1n[nH]c(C)c1NS(=O)(=O)c1ccc(F)c(C#N)c1. The average molecular weight is 294 g/mol. The number of aryl methyl sites for hydroxylation is 2. The summed E-state index contributed by atoms with van der Waals surface area (Å²) >= 11 is 0. The van der Waals surface area contributed by atoms with Crippen LogP contribution in [-0.2, 0) is 10.0 Å². The molecular weight excluding hydrogens is 283 g/mol. The summed E-state index contributed by atoms with van der Waals surface area (Å²) in [6.45, 7) is 3.32. The number of hydrogen-bond donors (Lipinski definition) is 2. The Balaban J connectivity index is 2.44. The zero-order chi connectivity index (χ0) is 14.9. The summed E-state index contributed by atoms with van der Waals surface area (Å²) in [7, 11) is -3.91. The topological polar surface area (TPSA) is 98.6 Å². The molecular formula is C12H11FN4O2S. The summed E-state index contributed by atoms with van der Waals surface area (Å²) in [4.78, 5) is -0.185. The van der Waals surface area contributed by atoms with Gasteiger partial charge in [-0.05, 0) is 32.0 Å². The van der Waals surface area contributed by atoms with Crippen molar-refractivity contribution in [2.24, 2.45) is 0 Å². The van der Waals surface area contributed by atoms with Crippen molar-refractivity contribution in [3.05, 3.63) is 41.0 Å². The lowest BCUT2D eigenvalue weighted by atomic mass is 10.2. The lowest BCUT2D eigenvalue weighted by molar-refractivity contribution is 0.599. The number of hydrogen-bond acceptors (Lipinski definition) is 4. The molecule has 0 amide bonds. The van der Waals surface area contributed by atoms with Gasteiger partial charge in [-0.1, -0.05) is 0 Å². The molecule has 0 saturated heterocycles. The first-order chi connectivity index (χ1) is 9.35. The van der Waals surface area contributed by atoms with Crippen LogP contribution >= 0.6 is 0 Å². The molecule has 2 aromatic rings. The number of anilines is 1. The van der Waals surface area contributed by atoms with Crippen molar-refractivity contribution in [1.82, 2.24) is 10.2 Å². The number of halogens is 1. The molecule has 0 atom stereocenters. The first-order valence-corrected chi connectivity index (χ1v) is 7.07. The van der Waals surface area contributed by atoms with Crippen LogP contribution in [0.25, 0.3) is 0 Å². The van der Waals surface area contributed by atoms with E-state index in [9.17, 15) is 12.8 Å². The summed E-state index contributed by atoms with van der Waals surface area (Å²) < 4.78 is 40.0. The molecule has 2 rings (SSSR count). The molecule has 0 fully saturated rings. The Morgan fingerprint density at radius 3 is 2.65 bits per heavy atom. The maximum atomic E-state index is 13.2. The molecule has 0 aliphatic rings. The lowest BCUT2D eigenvalue weighted by Crippen LogP contribution is -2.14. The van der Waals surface area contributed by atoms with Crippen LogP contribution in [0.1, 0.15) is 17.0 Å². The standard InChI is InChI=1S/C12H11FN4O2S/c1-7-12(8(2)16-15-7)17-20(18,19)10-3-4-11(13)9(5-10)6-14/h3-5,17H,1-2H3,(H,15,16). The first kappa shape index (κ1) is 14.0. The van der Waals surface area contributed by atoms with Crippen LogP contribution in [0.4, 0.5) is 10.1 Å². The van der Waals surface area contributed by atoms with Gasteiger partial charge in [0.25, 0.3) is 10.0 Å². The molecule has 6 nitrogen and oxygen atoms in total. The molecule has 1 aromatic carbocycles. The summed E-state index contributed by atoms with van der Waals surface area (Å²) in [5.74, 6) is -0.762. The third kappa shape index (κ3) is 2.48. The van der Waals surface area contributed by atoms with Gasteiger partial charge in [0.05, 0.1) is 27.5 Å². The molecule has 8 heteroatoms. The minimum atomic E-state index is -3.91. The van der Waals surface area contributed by atoms with Crippen LogP contribution in [0.3, 0.4) is 0 Å². The number of nitrogens with zero attached hydrogens (tertiary/aromatic N) is 2. The Morgan fingerprint density at radius 2 is 2.10 bits per heavy atom. The van der Waals surface area contributed by atoms with Crippen LogP contribution in [-0.4, -0.2) is 18.6 Å². The number of H-pyrrole nitrogens is 1. The van der Waals surface area contributed by atoms with Crippen molar-refractivity contribution in [1.29, 1.82) is 5.26 Å². The molecule has 0 unspecified atom stereocenters. The molecule has 0 saturated carbocycles.